The van der Waals surface area contributed by atoms with Crippen molar-refractivity contribution in [2.75, 3.05) is 0 Å². The van der Waals surface area contributed by atoms with Crippen LogP contribution in [-0.2, 0) is 6.11 Å². The van der Waals surface area contributed by atoms with Crippen molar-refractivity contribution in [2.45, 2.75) is 95.9 Å². The average molecular weight is 517 g/mol. The molecule has 3 rings (SSSR count). The molecule has 0 heterocycles. The summed E-state index contributed by atoms with van der Waals surface area (Å²) in [5, 5.41) is 0. The van der Waals surface area contributed by atoms with E-state index in [0.29, 0.717) is 11.5 Å². The summed E-state index contributed by atoms with van der Waals surface area (Å²) in [5.41, 5.74) is -0.211. The molecule has 0 amide bonds. The van der Waals surface area contributed by atoms with Gasteiger partial charge in [0.05, 0.1) is 5.56 Å². The van der Waals surface area contributed by atoms with Gasteiger partial charge in [0.2, 0.25) is 0 Å². The quantitative estimate of drug-likeness (QED) is 0.206. The number of hydrogen-bond donors (Lipinski definition) is 0. The minimum absolute atomic E-state index is 0.144. The van der Waals surface area contributed by atoms with Gasteiger partial charge in [-0.1, -0.05) is 57.9 Å². The fourth-order valence-electron chi connectivity index (χ4n) is 4.93. The first-order valence-corrected chi connectivity index (χ1v) is 12.8. The average Bonchev–Trinajstić information content (AvgIpc) is 2.81. The topological polar surface area (TPSA) is 18.5 Å². The van der Waals surface area contributed by atoms with E-state index >= 15 is 0 Å². The monoisotopic (exact) mass is 516 g/mol. The summed E-state index contributed by atoms with van der Waals surface area (Å²) in [4.78, 5) is 0. The molecule has 0 atom stereocenters. The van der Waals surface area contributed by atoms with E-state index in [1.807, 2.05) is 0 Å². The molecule has 1 aliphatic rings. The molecule has 8 heteroatoms. The lowest BCUT2D eigenvalue weighted by Gasteiger charge is -2.29. The van der Waals surface area contributed by atoms with Gasteiger partial charge in [-0.05, 0) is 79.5 Å². The minimum atomic E-state index is -4.90. The number of rotatable bonds is 12. The predicted octanol–water partition coefficient (Wildman–Crippen LogP) is 9.88. The predicted molar refractivity (Wildman–Crippen MR) is 127 cm³/mol. The maximum Gasteiger partial charge on any atom is 0.573 e. The lowest BCUT2D eigenvalue weighted by atomic mass is 9.77. The van der Waals surface area contributed by atoms with E-state index in [9.17, 15) is 26.3 Å². The summed E-state index contributed by atoms with van der Waals surface area (Å²) in [6, 6.07) is 7.23. The third-order valence-corrected chi connectivity index (χ3v) is 6.89. The van der Waals surface area contributed by atoms with E-state index in [-0.39, 0.29) is 5.92 Å². The summed E-state index contributed by atoms with van der Waals surface area (Å²) in [6.07, 6.45) is 3.94. The van der Waals surface area contributed by atoms with Crippen LogP contribution >= 0.6 is 0 Å². The highest BCUT2D eigenvalue weighted by atomic mass is 19.4. The van der Waals surface area contributed by atoms with Crippen LogP contribution in [-0.4, -0.2) is 6.36 Å². The molecule has 0 radical (unpaired) electrons. The summed E-state index contributed by atoms with van der Waals surface area (Å²) in [6.45, 7) is 2.21. The molecular weight excluding hydrogens is 482 g/mol. The van der Waals surface area contributed by atoms with Gasteiger partial charge in [0.1, 0.15) is 17.3 Å². The Morgan fingerprint density at radius 2 is 1.33 bits per heavy atom. The molecule has 0 bridgehead atoms. The van der Waals surface area contributed by atoms with E-state index in [4.69, 9.17) is 0 Å². The molecule has 200 valence electrons. The molecule has 0 aliphatic heterocycles. The lowest BCUT2D eigenvalue weighted by Crippen LogP contribution is -2.24. The summed E-state index contributed by atoms with van der Waals surface area (Å²) in [7, 11) is 0. The number of halogens is 6. The highest BCUT2D eigenvalue weighted by Crippen LogP contribution is 2.40. The number of unbranched alkanes of at least 4 members (excludes halogenated alkanes) is 5. The molecule has 0 unspecified atom stereocenters. The maximum absolute atomic E-state index is 14.7. The molecule has 2 aromatic carbocycles. The zero-order valence-electron chi connectivity index (χ0n) is 20.6. The smallest absolute Gasteiger partial charge is 0.429 e. The van der Waals surface area contributed by atoms with Gasteiger partial charge in [0, 0.05) is 0 Å². The van der Waals surface area contributed by atoms with Crippen molar-refractivity contribution >= 4 is 0 Å². The van der Waals surface area contributed by atoms with Crippen molar-refractivity contribution in [2.24, 2.45) is 5.92 Å². The van der Waals surface area contributed by atoms with Crippen molar-refractivity contribution in [3.05, 3.63) is 59.4 Å². The normalized spacial score (nSPS) is 18.8. The third kappa shape index (κ3) is 8.63. The summed E-state index contributed by atoms with van der Waals surface area (Å²) < 4.78 is 89.1. The van der Waals surface area contributed by atoms with Crippen LogP contribution in [0.25, 0.3) is 0 Å². The molecule has 2 aromatic rings. The minimum Gasteiger partial charge on any atom is -0.429 e. The Morgan fingerprint density at radius 1 is 0.750 bits per heavy atom. The second kappa shape index (κ2) is 12.7. The number of benzene rings is 2. The molecule has 2 nitrogen and oxygen atoms in total. The zero-order valence-corrected chi connectivity index (χ0v) is 20.6. The van der Waals surface area contributed by atoms with Crippen molar-refractivity contribution in [3.63, 3.8) is 0 Å². The fraction of sp³-hybridized carbons (Fsp3) is 0.571. The summed E-state index contributed by atoms with van der Waals surface area (Å²) in [5.74, 6) is -1.23. The first-order chi connectivity index (χ1) is 17.1. The third-order valence-electron chi connectivity index (χ3n) is 6.89. The Bertz CT molecular complexity index is 934. The second-order valence-corrected chi connectivity index (χ2v) is 9.65. The van der Waals surface area contributed by atoms with Gasteiger partial charge in [-0.2, -0.15) is 8.78 Å². The first-order valence-electron chi connectivity index (χ1n) is 12.8. The Morgan fingerprint density at radius 3 is 1.92 bits per heavy atom. The molecule has 0 spiro atoms. The standard InChI is InChI=1S/C28H34F6O2/c1-2-3-4-5-6-7-8-20-9-11-21(12-10-20)22-13-18-25(26(29)19-22)27(30,31)35-23-14-16-24(17-15-23)36-28(32,33)34/h13-21H,2-12H2,1H3. The van der Waals surface area contributed by atoms with Crippen LogP contribution in [0, 0.1) is 11.7 Å². The lowest BCUT2D eigenvalue weighted by molar-refractivity contribution is -0.274. The second-order valence-electron chi connectivity index (χ2n) is 9.65. The molecule has 1 aliphatic carbocycles. The van der Waals surface area contributed by atoms with E-state index in [2.05, 4.69) is 16.4 Å². The first kappa shape index (κ1) is 28.2. The van der Waals surface area contributed by atoms with Gasteiger partial charge in [0.15, 0.2) is 0 Å². The Balaban J connectivity index is 1.52. The van der Waals surface area contributed by atoms with Gasteiger partial charge >= 0.3 is 12.5 Å². The van der Waals surface area contributed by atoms with Crippen molar-refractivity contribution in [1.29, 1.82) is 0 Å². The van der Waals surface area contributed by atoms with Gasteiger partial charge in [0.25, 0.3) is 0 Å². The van der Waals surface area contributed by atoms with Crippen molar-refractivity contribution < 1.29 is 35.8 Å². The fourth-order valence-corrected chi connectivity index (χ4v) is 4.93. The molecule has 1 fully saturated rings. The van der Waals surface area contributed by atoms with Gasteiger partial charge in [-0.25, -0.2) is 4.39 Å². The molecule has 36 heavy (non-hydrogen) atoms. The molecule has 0 aromatic heterocycles. The number of hydrogen-bond acceptors (Lipinski definition) is 2. The van der Waals surface area contributed by atoms with Crippen LogP contribution < -0.4 is 9.47 Å². The largest absolute Gasteiger partial charge is 0.573 e. The zero-order chi connectivity index (χ0) is 26.2. The molecule has 1 saturated carbocycles. The number of alkyl halides is 5. The Hall–Kier alpha value is -2.38. The maximum atomic E-state index is 14.7. The van der Waals surface area contributed by atoms with Crippen LogP contribution in [0.3, 0.4) is 0 Å². The van der Waals surface area contributed by atoms with Crippen molar-refractivity contribution in [3.8, 4) is 11.5 Å². The van der Waals surface area contributed by atoms with E-state index in [1.54, 1.807) is 0 Å². The van der Waals surface area contributed by atoms with Gasteiger partial charge in [-0.3, -0.25) is 0 Å². The van der Waals surface area contributed by atoms with Crippen LogP contribution in [0.5, 0.6) is 11.5 Å². The van der Waals surface area contributed by atoms with Crippen LogP contribution in [0.2, 0.25) is 0 Å². The Kier molecular flexibility index (Phi) is 9.97. The SMILES string of the molecule is CCCCCCCCC1CCC(c2ccc(C(F)(F)Oc3ccc(OC(F)(F)F)cc3)c(F)c2)CC1. The van der Waals surface area contributed by atoms with E-state index in [1.165, 1.54) is 51.0 Å². The summed E-state index contributed by atoms with van der Waals surface area (Å²) >= 11 is 0. The van der Waals surface area contributed by atoms with Crippen LogP contribution in [0.15, 0.2) is 42.5 Å². The Labute approximate surface area is 209 Å². The molecular formula is C28H34F6O2. The van der Waals surface area contributed by atoms with E-state index in [0.717, 1.165) is 62.1 Å². The van der Waals surface area contributed by atoms with Crippen LogP contribution in [0.1, 0.15) is 94.6 Å². The van der Waals surface area contributed by atoms with Gasteiger partial charge in [-0.15, -0.1) is 13.2 Å². The van der Waals surface area contributed by atoms with E-state index < -0.39 is 35.4 Å². The highest BCUT2D eigenvalue weighted by molar-refractivity contribution is 5.34. The molecule has 0 saturated heterocycles. The number of ether oxygens (including phenoxy) is 2. The van der Waals surface area contributed by atoms with Crippen molar-refractivity contribution in [1.82, 2.24) is 0 Å². The highest BCUT2D eigenvalue weighted by Gasteiger charge is 2.38. The van der Waals surface area contributed by atoms with Gasteiger partial charge < -0.3 is 9.47 Å². The molecule has 0 N–H and O–H groups in total. The van der Waals surface area contributed by atoms with Crippen LogP contribution in [0.4, 0.5) is 26.3 Å².